The molecule has 3 nitrogen and oxygen atoms in total. The molecule has 0 amide bonds. The molecule has 0 fully saturated rings. The molecule has 0 radical (unpaired) electrons. The van der Waals surface area contributed by atoms with Crippen LogP contribution in [-0.2, 0) is 0 Å². The molecule has 0 heterocycles. The number of phenols is 1. The first-order chi connectivity index (χ1) is 5.11. The van der Waals surface area contributed by atoms with E-state index in [0.29, 0.717) is 4.90 Å². The van der Waals surface area contributed by atoms with Gasteiger partial charge >= 0.3 is 29.6 Å². The van der Waals surface area contributed by atoms with Crippen molar-refractivity contribution in [3.63, 3.8) is 0 Å². The molecule has 1 aromatic carbocycles. The first kappa shape index (κ1) is 11.8. The second-order valence-electron chi connectivity index (χ2n) is 1.99. The maximum absolute atomic E-state index is 10.2. The first-order valence-electron chi connectivity index (χ1n) is 2.84. The minimum atomic E-state index is -1.31. The van der Waals surface area contributed by atoms with Gasteiger partial charge in [0.15, 0.2) is 0 Å². The topological polar surface area (TPSA) is 60.4 Å². The predicted octanol–water partition coefficient (Wildman–Crippen LogP) is -2.95. The Morgan fingerprint density at radius 1 is 1.50 bits per heavy atom. The molecule has 1 N–H and O–H groups in total. The molecule has 5 heteroatoms. The third-order valence-corrected chi connectivity index (χ3v) is 1.59. The van der Waals surface area contributed by atoms with Gasteiger partial charge in [-0.1, -0.05) is 6.07 Å². The van der Waals surface area contributed by atoms with Crippen LogP contribution < -0.4 is 34.7 Å². The summed E-state index contributed by atoms with van der Waals surface area (Å²) in [5.41, 5.74) is -0.0553. The van der Waals surface area contributed by atoms with Gasteiger partial charge in [-0.3, -0.25) is 0 Å². The Kier molecular flexibility index (Phi) is 4.70. The Labute approximate surface area is 97.1 Å². The summed E-state index contributed by atoms with van der Waals surface area (Å²) in [7, 11) is 0. The van der Waals surface area contributed by atoms with Crippen molar-refractivity contribution in [2.45, 2.75) is 4.90 Å². The monoisotopic (exact) mass is 192 g/mol. The SMILES string of the molecule is O=C([O-])c1ccc(S)c(O)c1.[Na+]. The summed E-state index contributed by atoms with van der Waals surface area (Å²) in [4.78, 5) is 10.6. The van der Waals surface area contributed by atoms with Crippen molar-refractivity contribution in [1.82, 2.24) is 0 Å². The van der Waals surface area contributed by atoms with Crippen LogP contribution in [0.1, 0.15) is 10.4 Å². The van der Waals surface area contributed by atoms with Crippen molar-refractivity contribution in [1.29, 1.82) is 0 Å². The average Bonchev–Trinajstić information content (AvgIpc) is 1.94. The van der Waals surface area contributed by atoms with E-state index in [2.05, 4.69) is 12.6 Å². The number of hydrogen-bond donors (Lipinski definition) is 2. The van der Waals surface area contributed by atoms with Crippen LogP contribution in [0, 0.1) is 0 Å². The molecule has 0 aliphatic carbocycles. The largest absolute Gasteiger partial charge is 1.00 e. The number of carboxylic acids is 1. The number of carbonyl (C=O) groups is 1. The summed E-state index contributed by atoms with van der Waals surface area (Å²) in [6.07, 6.45) is 0. The number of carbonyl (C=O) groups excluding carboxylic acids is 1. The Morgan fingerprint density at radius 3 is 2.50 bits per heavy atom. The van der Waals surface area contributed by atoms with Gasteiger partial charge in [-0.25, -0.2) is 0 Å². The zero-order valence-corrected chi connectivity index (χ0v) is 9.34. The molecule has 0 saturated carbocycles. The van der Waals surface area contributed by atoms with E-state index < -0.39 is 5.97 Å². The van der Waals surface area contributed by atoms with Gasteiger partial charge in [0.05, 0.1) is 5.97 Å². The van der Waals surface area contributed by atoms with Crippen LogP contribution in [0.3, 0.4) is 0 Å². The summed E-state index contributed by atoms with van der Waals surface area (Å²) >= 11 is 3.85. The van der Waals surface area contributed by atoms with E-state index in [-0.39, 0.29) is 40.9 Å². The normalized spacial score (nSPS) is 8.75. The van der Waals surface area contributed by atoms with Crippen molar-refractivity contribution in [2.75, 3.05) is 0 Å². The van der Waals surface area contributed by atoms with E-state index in [9.17, 15) is 9.90 Å². The van der Waals surface area contributed by atoms with Gasteiger partial charge in [0.25, 0.3) is 0 Å². The molecule has 0 saturated heterocycles. The van der Waals surface area contributed by atoms with Gasteiger partial charge < -0.3 is 15.0 Å². The van der Waals surface area contributed by atoms with Gasteiger partial charge in [-0.05, 0) is 12.1 Å². The molecule has 0 spiro atoms. The average molecular weight is 192 g/mol. The Balaban J connectivity index is 0.00000121. The molecule has 0 unspecified atom stereocenters. The standard InChI is InChI=1S/C7H6O3S.Na/c8-5-3-4(7(9)10)1-2-6(5)11;/h1-3,8,11H,(H,9,10);/q;+1/p-1. The number of phenolic OH excluding ortho intramolecular Hbond substituents is 1. The molecule has 12 heavy (non-hydrogen) atoms. The molecule has 58 valence electrons. The van der Waals surface area contributed by atoms with E-state index in [4.69, 9.17) is 5.11 Å². The minimum absolute atomic E-state index is 0. The molecular formula is C7H5NaO3S. The van der Waals surface area contributed by atoms with Gasteiger partial charge in [-0.2, -0.15) is 0 Å². The van der Waals surface area contributed by atoms with E-state index in [1.165, 1.54) is 12.1 Å². The van der Waals surface area contributed by atoms with E-state index in [0.717, 1.165) is 6.07 Å². The molecule has 1 rings (SSSR count). The van der Waals surface area contributed by atoms with E-state index in [1.54, 1.807) is 0 Å². The molecule has 0 aromatic heterocycles. The van der Waals surface area contributed by atoms with Crippen molar-refractivity contribution in [2.24, 2.45) is 0 Å². The smallest absolute Gasteiger partial charge is 0.545 e. The fourth-order valence-corrected chi connectivity index (χ4v) is 0.789. The van der Waals surface area contributed by atoms with Gasteiger partial charge in [0.2, 0.25) is 0 Å². The fraction of sp³-hybridized carbons (Fsp3) is 0. The number of benzene rings is 1. The Morgan fingerprint density at radius 2 is 2.08 bits per heavy atom. The van der Waals surface area contributed by atoms with Crippen LogP contribution in [0.15, 0.2) is 23.1 Å². The molecule has 0 aliphatic heterocycles. The van der Waals surface area contributed by atoms with Gasteiger partial charge in [0, 0.05) is 10.5 Å². The van der Waals surface area contributed by atoms with Crippen LogP contribution in [0.4, 0.5) is 0 Å². The second-order valence-corrected chi connectivity index (χ2v) is 2.47. The first-order valence-corrected chi connectivity index (χ1v) is 3.29. The summed E-state index contributed by atoms with van der Waals surface area (Å²) < 4.78 is 0. The fourth-order valence-electron chi connectivity index (χ4n) is 0.650. The molecular weight excluding hydrogens is 187 g/mol. The van der Waals surface area contributed by atoms with E-state index >= 15 is 0 Å². The molecule has 0 atom stereocenters. The van der Waals surface area contributed by atoms with Gasteiger partial charge in [0.1, 0.15) is 5.75 Å². The Hall–Kier alpha value is -0.160. The van der Waals surface area contributed by atoms with Crippen LogP contribution in [0.5, 0.6) is 5.75 Å². The predicted molar refractivity (Wildman–Crippen MR) is 39.7 cm³/mol. The van der Waals surface area contributed by atoms with Crippen LogP contribution in [0.2, 0.25) is 0 Å². The number of aromatic hydroxyl groups is 1. The third-order valence-electron chi connectivity index (χ3n) is 1.21. The van der Waals surface area contributed by atoms with Crippen LogP contribution >= 0.6 is 12.6 Å². The third kappa shape index (κ3) is 2.71. The molecule has 0 aliphatic rings. The number of carboxylic acid groups (broad SMARTS) is 1. The van der Waals surface area contributed by atoms with Crippen LogP contribution in [0.25, 0.3) is 0 Å². The number of thiol groups is 1. The van der Waals surface area contributed by atoms with Crippen molar-refractivity contribution >= 4 is 18.6 Å². The maximum Gasteiger partial charge on any atom is 1.00 e. The molecule has 0 bridgehead atoms. The summed E-state index contributed by atoms with van der Waals surface area (Å²) in [5, 5.41) is 19.2. The second kappa shape index (κ2) is 4.77. The summed E-state index contributed by atoms with van der Waals surface area (Å²) in [6, 6.07) is 3.80. The number of hydrogen-bond acceptors (Lipinski definition) is 4. The van der Waals surface area contributed by atoms with Crippen molar-refractivity contribution in [3.8, 4) is 5.75 Å². The van der Waals surface area contributed by atoms with E-state index in [1.807, 2.05) is 0 Å². The summed E-state index contributed by atoms with van der Waals surface area (Å²) in [6.45, 7) is 0. The number of rotatable bonds is 1. The quantitative estimate of drug-likeness (QED) is 0.369. The van der Waals surface area contributed by atoms with Crippen LogP contribution in [-0.4, -0.2) is 11.1 Å². The van der Waals surface area contributed by atoms with Crippen molar-refractivity contribution in [3.05, 3.63) is 23.8 Å². The van der Waals surface area contributed by atoms with Crippen molar-refractivity contribution < 1.29 is 44.6 Å². The zero-order valence-electron chi connectivity index (χ0n) is 6.44. The number of aromatic carboxylic acids is 1. The Bertz CT molecular complexity index is 301. The van der Waals surface area contributed by atoms with Gasteiger partial charge in [-0.15, -0.1) is 12.6 Å². The zero-order chi connectivity index (χ0) is 8.43. The summed E-state index contributed by atoms with van der Waals surface area (Å²) in [5.74, 6) is -1.47. The maximum atomic E-state index is 10.2. The molecule has 1 aromatic rings. The minimum Gasteiger partial charge on any atom is -0.545 e.